The van der Waals surface area contributed by atoms with Crippen LogP contribution in [0.5, 0.6) is 0 Å². The summed E-state index contributed by atoms with van der Waals surface area (Å²) in [7, 11) is -3.44. The van der Waals surface area contributed by atoms with Gasteiger partial charge in [0.25, 0.3) is 0 Å². The van der Waals surface area contributed by atoms with Crippen LogP contribution in [0.3, 0.4) is 0 Å². The fourth-order valence-electron chi connectivity index (χ4n) is 11.4. The Balaban J connectivity index is 1.59. The fraction of sp³-hybridized carbons (Fsp3) is 0.912. The summed E-state index contributed by atoms with van der Waals surface area (Å²) in [6.07, 6.45) is 11.3. The molecule has 222 valence electrons. The Hall–Kier alpha value is -0.680. The second kappa shape index (κ2) is 9.16. The number of fused-ring (bicyclic) bond motifs is 7. The van der Waals surface area contributed by atoms with Crippen LogP contribution in [0.15, 0.2) is 11.6 Å². The molecule has 4 fully saturated rings. The van der Waals surface area contributed by atoms with Crippen molar-refractivity contribution in [3.05, 3.63) is 11.6 Å². The Kier molecular flexibility index (Phi) is 7.00. The largest absolute Gasteiger partial charge is 0.393 e. The SMILES string of the molecule is CC(C)S(=O)(=O)CC(=O)[C@]12CC[C@@H](C)[C@H](C)[C@H]1C1=CC[C@@H]3[C@@]4(C)CC[C@H](O)C(C)(C)C4CC[C@@]3(C)[C@]1(C)CC2. The molecule has 0 aromatic heterocycles. The van der Waals surface area contributed by atoms with Crippen molar-refractivity contribution in [1.82, 2.24) is 0 Å². The molecular weight excluding hydrogens is 504 g/mol. The third kappa shape index (κ3) is 3.90. The number of sulfone groups is 1. The Bertz CT molecular complexity index is 1150. The molecule has 5 aliphatic carbocycles. The fourth-order valence-corrected chi connectivity index (χ4v) is 12.4. The standard InChI is InChI=1S/C34H56O4S/c1-21(2)39(37,38)20-28(36)34-17-12-22(3)23(4)29(34)24-10-11-26-31(7)15-14-27(35)30(5,6)25(31)13-16-33(26,9)32(24,8)18-19-34/h10,21-23,25-27,29,35H,11-20H2,1-9H3/t22-,23+,25?,26-,27+,29+,31+,32-,33-,34-/m1/s1. The van der Waals surface area contributed by atoms with Gasteiger partial charge in [0.15, 0.2) is 15.6 Å². The maximum absolute atomic E-state index is 14.2. The Morgan fingerprint density at radius 3 is 2.26 bits per heavy atom. The molecule has 5 rings (SSSR count). The van der Waals surface area contributed by atoms with Gasteiger partial charge in [-0.1, -0.05) is 60.1 Å². The number of Topliss-reactive ketones (excluding diaryl/α,β-unsaturated/α-hetero) is 1. The molecule has 10 atom stereocenters. The van der Waals surface area contributed by atoms with Gasteiger partial charge in [-0.25, -0.2) is 8.42 Å². The summed E-state index contributed by atoms with van der Waals surface area (Å²) in [6, 6.07) is 0. The number of carbonyl (C=O) groups is 1. The summed E-state index contributed by atoms with van der Waals surface area (Å²) in [5.41, 5.74) is 1.24. The van der Waals surface area contributed by atoms with Crippen LogP contribution in [-0.4, -0.2) is 36.4 Å². The molecule has 0 bridgehead atoms. The lowest BCUT2D eigenvalue weighted by atomic mass is 9.33. The van der Waals surface area contributed by atoms with E-state index in [1.807, 2.05) is 0 Å². The van der Waals surface area contributed by atoms with Gasteiger partial charge in [-0.05, 0) is 123 Å². The van der Waals surface area contributed by atoms with Crippen molar-refractivity contribution in [2.45, 2.75) is 131 Å². The minimum absolute atomic E-state index is 0.00568. The lowest BCUT2D eigenvalue weighted by Gasteiger charge is -2.71. The van der Waals surface area contributed by atoms with Crippen molar-refractivity contribution < 1.29 is 18.3 Å². The lowest BCUT2D eigenvalue weighted by Crippen LogP contribution is -2.65. The van der Waals surface area contributed by atoms with E-state index >= 15 is 0 Å². The average molecular weight is 561 g/mol. The zero-order chi connectivity index (χ0) is 29.0. The first kappa shape index (κ1) is 29.8. The normalized spacial score (nSPS) is 49.3. The van der Waals surface area contributed by atoms with E-state index in [1.54, 1.807) is 13.8 Å². The van der Waals surface area contributed by atoms with Gasteiger partial charge in [0.1, 0.15) is 5.75 Å². The van der Waals surface area contributed by atoms with Crippen molar-refractivity contribution in [2.75, 3.05) is 5.75 Å². The van der Waals surface area contributed by atoms with Crippen molar-refractivity contribution in [2.24, 2.45) is 56.7 Å². The molecule has 0 heterocycles. The van der Waals surface area contributed by atoms with E-state index in [2.05, 4.69) is 54.5 Å². The van der Waals surface area contributed by atoms with E-state index in [-0.39, 0.29) is 45.2 Å². The zero-order valence-electron chi connectivity index (χ0n) is 26.3. The number of rotatable bonds is 4. The van der Waals surface area contributed by atoms with Crippen LogP contribution < -0.4 is 0 Å². The second-order valence-electron chi connectivity index (χ2n) is 16.5. The van der Waals surface area contributed by atoms with Crippen LogP contribution in [-0.2, 0) is 14.6 Å². The number of allylic oxidation sites excluding steroid dienone is 2. The Morgan fingerprint density at radius 2 is 1.62 bits per heavy atom. The lowest BCUT2D eigenvalue weighted by molar-refractivity contribution is -0.204. The first-order chi connectivity index (χ1) is 17.9. The molecule has 4 saturated carbocycles. The molecule has 1 N–H and O–H groups in total. The van der Waals surface area contributed by atoms with Gasteiger partial charge < -0.3 is 5.11 Å². The van der Waals surface area contributed by atoms with Crippen LogP contribution in [0.4, 0.5) is 0 Å². The predicted octanol–water partition coefficient (Wildman–Crippen LogP) is 7.40. The molecule has 0 saturated heterocycles. The molecule has 0 aromatic rings. The molecule has 4 nitrogen and oxygen atoms in total. The number of carbonyl (C=O) groups excluding carboxylic acids is 1. The highest BCUT2D eigenvalue weighted by Crippen LogP contribution is 2.75. The molecular formula is C34H56O4S. The summed E-state index contributed by atoms with van der Waals surface area (Å²) in [4.78, 5) is 14.2. The van der Waals surface area contributed by atoms with E-state index in [9.17, 15) is 18.3 Å². The molecule has 1 unspecified atom stereocenters. The highest BCUT2D eigenvalue weighted by molar-refractivity contribution is 7.92. The van der Waals surface area contributed by atoms with E-state index in [1.165, 1.54) is 12.0 Å². The monoisotopic (exact) mass is 560 g/mol. The van der Waals surface area contributed by atoms with Gasteiger partial charge in [-0.15, -0.1) is 0 Å². The highest BCUT2D eigenvalue weighted by Gasteiger charge is 2.69. The summed E-state index contributed by atoms with van der Waals surface area (Å²) in [5, 5.41) is 10.5. The summed E-state index contributed by atoms with van der Waals surface area (Å²) < 4.78 is 26.0. The summed E-state index contributed by atoms with van der Waals surface area (Å²) >= 11 is 0. The maximum atomic E-state index is 14.2. The first-order valence-corrected chi connectivity index (χ1v) is 17.7. The van der Waals surface area contributed by atoms with E-state index < -0.39 is 20.5 Å². The molecule has 0 radical (unpaired) electrons. The molecule has 5 heteroatoms. The summed E-state index contributed by atoms with van der Waals surface area (Å²) in [6.45, 7) is 20.3. The van der Waals surface area contributed by atoms with Crippen LogP contribution >= 0.6 is 0 Å². The van der Waals surface area contributed by atoms with Gasteiger partial charge >= 0.3 is 0 Å². The Labute approximate surface area is 239 Å². The van der Waals surface area contributed by atoms with Gasteiger partial charge in [0.05, 0.1) is 11.4 Å². The van der Waals surface area contributed by atoms with Crippen LogP contribution in [0.25, 0.3) is 0 Å². The third-order valence-electron chi connectivity index (χ3n) is 14.6. The number of ketones is 1. The average Bonchev–Trinajstić information content (AvgIpc) is 2.84. The molecule has 0 aliphatic heterocycles. The topological polar surface area (TPSA) is 71.4 Å². The second-order valence-corrected chi connectivity index (χ2v) is 19.0. The van der Waals surface area contributed by atoms with E-state index in [0.29, 0.717) is 23.7 Å². The smallest absolute Gasteiger partial charge is 0.159 e. The summed E-state index contributed by atoms with van der Waals surface area (Å²) in [5.74, 6) is 1.81. The van der Waals surface area contributed by atoms with Gasteiger partial charge in [-0.3, -0.25) is 4.79 Å². The van der Waals surface area contributed by atoms with Crippen LogP contribution in [0.1, 0.15) is 120 Å². The Morgan fingerprint density at radius 1 is 0.949 bits per heavy atom. The van der Waals surface area contributed by atoms with Crippen molar-refractivity contribution in [3.63, 3.8) is 0 Å². The quantitative estimate of drug-likeness (QED) is 0.364. The zero-order valence-corrected chi connectivity index (χ0v) is 27.1. The number of hydrogen-bond donors (Lipinski definition) is 1. The predicted molar refractivity (Wildman–Crippen MR) is 159 cm³/mol. The molecule has 0 amide bonds. The molecule has 0 aromatic carbocycles. The van der Waals surface area contributed by atoms with Crippen molar-refractivity contribution >= 4 is 15.6 Å². The van der Waals surface area contributed by atoms with Gasteiger partial charge in [-0.2, -0.15) is 0 Å². The van der Waals surface area contributed by atoms with Crippen LogP contribution in [0, 0.1) is 56.7 Å². The van der Waals surface area contributed by atoms with E-state index in [4.69, 9.17) is 0 Å². The van der Waals surface area contributed by atoms with Crippen LogP contribution in [0.2, 0.25) is 0 Å². The maximum Gasteiger partial charge on any atom is 0.159 e. The molecule has 0 spiro atoms. The van der Waals surface area contributed by atoms with Crippen molar-refractivity contribution in [1.29, 1.82) is 0 Å². The van der Waals surface area contributed by atoms with E-state index in [0.717, 1.165) is 51.4 Å². The minimum atomic E-state index is -3.44. The highest BCUT2D eigenvalue weighted by atomic mass is 32.2. The minimum Gasteiger partial charge on any atom is -0.393 e. The first-order valence-electron chi connectivity index (χ1n) is 16.0. The van der Waals surface area contributed by atoms with Crippen molar-refractivity contribution in [3.8, 4) is 0 Å². The van der Waals surface area contributed by atoms with Gasteiger partial charge in [0, 0.05) is 5.41 Å². The number of aliphatic hydroxyl groups excluding tert-OH is 1. The number of hydrogen-bond acceptors (Lipinski definition) is 4. The van der Waals surface area contributed by atoms with Gasteiger partial charge in [0.2, 0.25) is 0 Å². The number of aliphatic hydroxyl groups is 1. The third-order valence-corrected chi connectivity index (χ3v) is 16.7. The molecule has 39 heavy (non-hydrogen) atoms. The molecule has 5 aliphatic rings.